The number of para-hydroxylation sites is 1. The summed E-state index contributed by atoms with van der Waals surface area (Å²) < 4.78 is 5.12. The molecule has 2 aromatic rings. The summed E-state index contributed by atoms with van der Waals surface area (Å²) >= 11 is 1.26. The van der Waals surface area contributed by atoms with Crippen molar-refractivity contribution in [3.63, 3.8) is 0 Å². The molecule has 0 bridgehead atoms. The minimum Gasteiger partial charge on any atom is -0.497 e. The van der Waals surface area contributed by atoms with Crippen LogP contribution in [0.5, 0.6) is 5.75 Å². The highest BCUT2D eigenvalue weighted by Crippen LogP contribution is 2.25. The van der Waals surface area contributed by atoms with Gasteiger partial charge in [0.25, 0.3) is 0 Å². The maximum absolute atomic E-state index is 12.2. The number of carbonyl (C=O) groups is 2. The molecule has 0 unspecified atom stereocenters. The van der Waals surface area contributed by atoms with E-state index >= 15 is 0 Å². The molecule has 1 fully saturated rings. The molecule has 2 amide bonds. The first-order valence-corrected chi connectivity index (χ1v) is 8.57. The van der Waals surface area contributed by atoms with Crippen LogP contribution in [0.3, 0.4) is 0 Å². The van der Waals surface area contributed by atoms with E-state index in [1.54, 1.807) is 31.4 Å². The number of hydrogen-bond acceptors (Lipinski definition) is 5. The normalized spacial score (nSPS) is 18.0. The van der Waals surface area contributed by atoms with E-state index < -0.39 is 5.25 Å². The third kappa shape index (κ3) is 4.60. The van der Waals surface area contributed by atoms with Crippen molar-refractivity contribution >= 4 is 40.1 Å². The highest BCUT2D eigenvalue weighted by molar-refractivity contribution is 8.15. The Hall–Kier alpha value is -2.80. The Morgan fingerprint density at radius 2 is 2.04 bits per heavy atom. The zero-order chi connectivity index (χ0) is 17.6. The van der Waals surface area contributed by atoms with E-state index in [1.807, 2.05) is 30.3 Å². The Bertz CT molecular complexity index is 808. The minimum atomic E-state index is -0.493. The van der Waals surface area contributed by atoms with Gasteiger partial charge in [0.15, 0.2) is 5.17 Å². The van der Waals surface area contributed by atoms with Gasteiger partial charge in [0.05, 0.1) is 12.8 Å². The van der Waals surface area contributed by atoms with Gasteiger partial charge in [-0.3, -0.25) is 9.59 Å². The van der Waals surface area contributed by atoms with Crippen LogP contribution in [-0.4, -0.2) is 29.3 Å². The van der Waals surface area contributed by atoms with Crippen molar-refractivity contribution in [2.75, 3.05) is 12.4 Å². The second kappa shape index (κ2) is 7.85. The number of carbonyl (C=O) groups excluding carboxylic acids is 2. The minimum absolute atomic E-state index is 0.0710. The second-order valence-corrected chi connectivity index (χ2v) is 6.52. The summed E-state index contributed by atoms with van der Waals surface area (Å²) in [5.41, 5.74) is 1.39. The monoisotopic (exact) mass is 355 g/mol. The van der Waals surface area contributed by atoms with Crippen molar-refractivity contribution in [1.82, 2.24) is 5.32 Å². The molecule has 0 aliphatic carbocycles. The summed E-state index contributed by atoms with van der Waals surface area (Å²) in [5, 5.41) is 5.51. The fourth-order valence-electron chi connectivity index (χ4n) is 2.29. The van der Waals surface area contributed by atoms with Crippen LogP contribution in [0.1, 0.15) is 6.42 Å². The van der Waals surface area contributed by atoms with E-state index in [9.17, 15) is 9.59 Å². The van der Waals surface area contributed by atoms with Crippen LogP contribution in [0.4, 0.5) is 11.4 Å². The Labute approximate surface area is 149 Å². The lowest BCUT2D eigenvalue weighted by Gasteiger charge is -2.08. The fraction of sp³-hybridized carbons (Fsp3) is 0.167. The first kappa shape index (κ1) is 17.0. The maximum Gasteiger partial charge on any atom is 0.240 e. The average molecular weight is 355 g/mol. The highest BCUT2D eigenvalue weighted by Gasteiger charge is 2.32. The predicted molar refractivity (Wildman–Crippen MR) is 99.3 cm³/mol. The smallest absolute Gasteiger partial charge is 0.240 e. The molecule has 2 N–H and O–H groups in total. The lowest BCUT2D eigenvalue weighted by atomic mass is 10.2. The van der Waals surface area contributed by atoms with Gasteiger partial charge in [-0.05, 0) is 24.3 Å². The van der Waals surface area contributed by atoms with E-state index in [1.165, 1.54) is 11.8 Å². The largest absolute Gasteiger partial charge is 0.497 e. The Morgan fingerprint density at radius 1 is 1.24 bits per heavy atom. The number of benzene rings is 2. The molecule has 0 saturated carbocycles. The standard InChI is InChI=1S/C18H17N3O3S/c1-24-14-9-5-8-13(10-14)19-16(22)11-15-17(23)21-18(25-15)20-12-6-3-2-4-7-12/h2-10,15H,11H2,1H3,(H,19,22)(H,20,21,23)/t15-/m0/s1. The van der Waals surface area contributed by atoms with Gasteiger partial charge in [-0.2, -0.15) is 0 Å². The molecule has 7 heteroatoms. The number of amides is 2. The molecule has 0 radical (unpaired) electrons. The second-order valence-electron chi connectivity index (χ2n) is 5.33. The zero-order valence-electron chi connectivity index (χ0n) is 13.6. The van der Waals surface area contributed by atoms with Gasteiger partial charge < -0.3 is 15.4 Å². The summed E-state index contributed by atoms with van der Waals surface area (Å²) in [4.78, 5) is 28.6. The van der Waals surface area contributed by atoms with Gasteiger partial charge in [0.2, 0.25) is 11.8 Å². The molecule has 1 atom stereocenters. The number of nitrogens with one attached hydrogen (secondary N) is 2. The number of rotatable bonds is 5. The van der Waals surface area contributed by atoms with Crippen molar-refractivity contribution in [2.45, 2.75) is 11.7 Å². The predicted octanol–water partition coefficient (Wildman–Crippen LogP) is 2.94. The molecule has 2 aromatic carbocycles. The first-order valence-electron chi connectivity index (χ1n) is 7.69. The van der Waals surface area contributed by atoms with Gasteiger partial charge in [-0.15, -0.1) is 0 Å². The quantitative estimate of drug-likeness (QED) is 0.864. The summed E-state index contributed by atoms with van der Waals surface area (Å²) in [6.45, 7) is 0. The van der Waals surface area contributed by atoms with Crippen LogP contribution in [0.15, 0.2) is 59.6 Å². The molecule has 3 rings (SSSR count). The summed E-state index contributed by atoms with van der Waals surface area (Å²) in [5.74, 6) is 0.213. The lowest BCUT2D eigenvalue weighted by molar-refractivity contribution is -0.122. The number of nitrogens with zero attached hydrogens (tertiary/aromatic N) is 1. The van der Waals surface area contributed by atoms with Crippen molar-refractivity contribution in [3.8, 4) is 5.75 Å². The average Bonchev–Trinajstić information content (AvgIpc) is 2.95. The van der Waals surface area contributed by atoms with E-state index in [2.05, 4.69) is 15.6 Å². The molecular formula is C18H17N3O3S. The maximum atomic E-state index is 12.2. The van der Waals surface area contributed by atoms with Gasteiger partial charge >= 0.3 is 0 Å². The molecule has 0 spiro atoms. The van der Waals surface area contributed by atoms with Crippen LogP contribution in [-0.2, 0) is 9.59 Å². The third-order valence-corrected chi connectivity index (χ3v) is 4.57. The van der Waals surface area contributed by atoms with Crippen LogP contribution >= 0.6 is 11.8 Å². The molecule has 0 aromatic heterocycles. The molecule has 128 valence electrons. The molecular weight excluding hydrogens is 338 g/mol. The van der Waals surface area contributed by atoms with E-state index in [0.29, 0.717) is 16.6 Å². The number of anilines is 1. The van der Waals surface area contributed by atoms with Gasteiger partial charge in [-0.1, -0.05) is 36.0 Å². The number of hydrogen-bond donors (Lipinski definition) is 2. The number of amidine groups is 1. The third-order valence-electron chi connectivity index (χ3n) is 3.49. The topological polar surface area (TPSA) is 79.8 Å². The zero-order valence-corrected chi connectivity index (χ0v) is 14.4. The fourth-order valence-corrected chi connectivity index (χ4v) is 3.28. The van der Waals surface area contributed by atoms with E-state index in [-0.39, 0.29) is 18.2 Å². The molecule has 1 heterocycles. The van der Waals surface area contributed by atoms with Gasteiger partial charge in [-0.25, -0.2) is 4.99 Å². The number of ether oxygens (including phenoxy) is 1. The van der Waals surface area contributed by atoms with Crippen molar-refractivity contribution < 1.29 is 14.3 Å². The first-order chi connectivity index (χ1) is 12.1. The van der Waals surface area contributed by atoms with E-state index in [0.717, 1.165) is 5.69 Å². The SMILES string of the molecule is COc1cccc(NC(=O)C[C@@H]2SC(=Nc3ccccc3)NC2=O)c1. The number of methoxy groups -OCH3 is 1. The van der Waals surface area contributed by atoms with Crippen LogP contribution in [0.2, 0.25) is 0 Å². The van der Waals surface area contributed by atoms with Crippen molar-refractivity contribution in [3.05, 3.63) is 54.6 Å². The Kier molecular flexibility index (Phi) is 5.35. The van der Waals surface area contributed by atoms with Crippen LogP contribution in [0.25, 0.3) is 0 Å². The van der Waals surface area contributed by atoms with E-state index in [4.69, 9.17) is 4.74 Å². The lowest BCUT2D eigenvalue weighted by Crippen LogP contribution is -2.28. The molecule has 25 heavy (non-hydrogen) atoms. The number of thioether (sulfide) groups is 1. The van der Waals surface area contributed by atoms with Crippen molar-refractivity contribution in [1.29, 1.82) is 0 Å². The van der Waals surface area contributed by atoms with Gasteiger partial charge in [0.1, 0.15) is 11.0 Å². The summed E-state index contributed by atoms with van der Waals surface area (Å²) in [6.07, 6.45) is 0.0710. The Morgan fingerprint density at radius 3 is 2.80 bits per heavy atom. The molecule has 1 saturated heterocycles. The van der Waals surface area contributed by atoms with Gasteiger partial charge in [0, 0.05) is 18.2 Å². The molecule has 1 aliphatic heterocycles. The summed E-state index contributed by atoms with van der Waals surface area (Å²) in [6, 6.07) is 16.4. The Balaban J connectivity index is 1.60. The van der Waals surface area contributed by atoms with Crippen molar-refractivity contribution in [2.24, 2.45) is 4.99 Å². The van der Waals surface area contributed by atoms with Crippen LogP contribution in [0, 0.1) is 0 Å². The number of aliphatic imine (C=N–C) groups is 1. The van der Waals surface area contributed by atoms with Crippen LogP contribution < -0.4 is 15.4 Å². The highest BCUT2D eigenvalue weighted by atomic mass is 32.2. The molecule has 6 nitrogen and oxygen atoms in total. The molecule has 1 aliphatic rings. The summed E-state index contributed by atoms with van der Waals surface area (Å²) in [7, 11) is 1.56.